The summed E-state index contributed by atoms with van der Waals surface area (Å²) >= 11 is 1.59. The van der Waals surface area contributed by atoms with Gasteiger partial charge in [0.1, 0.15) is 0 Å². The highest BCUT2D eigenvalue weighted by molar-refractivity contribution is 7.99. The van der Waals surface area contributed by atoms with Crippen LogP contribution in [0.4, 0.5) is 11.4 Å². The number of aromatic nitrogens is 2. The summed E-state index contributed by atoms with van der Waals surface area (Å²) in [5, 5.41) is 3.91. The summed E-state index contributed by atoms with van der Waals surface area (Å²) < 4.78 is 7.47. The minimum absolute atomic E-state index is 0.0645. The molecule has 2 aromatic rings. The average Bonchev–Trinajstić information content (AvgIpc) is 3.01. The smallest absolute Gasteiger partial charge is 0.281 e. The van der Waals surface area contributed by atoms with Gasteiger partial charge in [0.2, 0.25) is 5.88 Å². The first-order valence-electron chi connectivity index (χ1n) is 7.52. The zero-order valence-electron chi connectivity index (χ0n) is 12.5. The van der Waals surface area contributed by atoms with Gasteiger partial charge in [-0.05, 0) is 18.6 Å². The van der Waals surface area contributed by atoms with E-state index in [0.29, 0.717) is 24.7 Å². The third-order valence-corrected chi connectivity index (χ3v) is 4.38. The molecular weight excluding hydrogens is 298 g/mol. The van der Waals surface area contributed by atoms with E-state index >= 15 is 0 Å². The molecule has 1 aliphatic heterocycles. The minimum Gasteiger partial charge on any atom is -0.476 e. The zero-order chi connectivity index (χ0) is 15.4. The standard InChI is InChI=1S/C16H19N3O2S/c1-2-3-10-21-14-13(17-12-7-5-4-6-8-12)15(20)19-9-11-22-16(19)18-14/h4-8,17H,2-3,9-11H2,1H3. The van der Waals surface area contributed by atoms with Crippen LogP contribution in [0.1, 0.15) is 19.8 Å². The first-order chi connectivity index (χ1) is 10.8. The van der Waals surface area contributed by atoms with Gasteiger partial charge in [0.05, 0.1) is 6.61 Å². The molecule has 0 unspecified atom stereocenters. The molecule has 1 aromatic heterocycles. The molecule has 0 radical (unpaired) electrons. The molecule has 1 aliphatic rings. The molecule has 2 heterocycles. The molecule has 1 N–H and O–H groups in total. The topological polar surface area (TPSA) is 56.2 Å². The minimum atomic E-state index is -0.0645. The maximum Gasteiger partial charge on any atom is 0.281 e. The van der Waals surface area contributed by atoms with Gasteiger partial charge in [0, 0.05) is 18.0 Å². The van der Waals surface area contributed by atoms with Crippen LogP contribution < -0.4 is 15.6 Å². The van der Waals surface area contributed by atoms with Crippen molar-refractivity contribution in [3.63, 3.8) is 0 Å². The van der Waals surface area contributed by atoms with Gasteiger partial charge < -0.3 is 10.1 Å². The fourth-order valence-electron chi connectivity index (χ4n) is 2.24. The van der Waals surface area contributed by atoms with Crippen molar-refractivity contribution in [2.24, 2.45) is 0 Å². The van der Waals surface area contributed by atoms with Crippen molar-refractivity contribution in [1.82, 2.24) is 9.55 Å². The number of anilines is 2. The normalized spacial score (nSPS) is 13.0. The van der Waals surface area contributed by atoms with E-state index in [9.17, 15) is 4.79 Å². The van der Waals surface area contributed by atoms with E-state index in [0.717, 1.165) is 29.4 Å². The molecule has 0 spiro atoms. The number of fused-ring (bicyclic) bond motifs is 1. The molecule has 0 fully saturated rings. The maximum absolute atomic E-state index is 12.7. The SMILES string of the molecule is CCCCOc1nc2n(c(=O)c1Nc1ccccc1)CCS2. The van der Waals surface area contributed by atoms with E-state index < -0.39 is 0 Å². The van der Waals surface area contributed by atoms with E-state index in [1.807, 2.05) is 30.3 Å². The number of benzene rings is 1. The largest absolute Gasteiger partial charge is 0.476 e. The number of ether oxygens (including phenoxy) is 1. The van der Waals surface area contributed by atoms with Crippen LogP contribution in [0.2, 0.25) is 0 Å². The van der Waals surface area contributed by atoms with E-state index in [2.05, 4.69) is 17.2 Å². The van der Waals surface area contributed by atoms with E-state index in [4.69, 9.17) is 4.74 Å². The van der Waals surface area contributed by atoms with Gasteiger partial charge in [0.25, 0.3) is 5.56 Å². The molecule has 22 heavy (non-hydrogen) atoms. The Labute approximate surface area is 133 Å². The Balaban J connectivity index is 1.96. The molecule has 0 atom stereocenters. The summed E-state index contributed by atoms with van der Waals surface area (Å²) in [4.78, 5) is 17.2. The van der Waals surface area contributed by atoms with Crippen molar-refractivity contribution < 1.29 is 4.74 Å². The summed E-state index contributed by atoms with van der Waals surface area (Å²) in [7, 11) is 0. The van der Waals surface area contributed by atoms with E-state index in [1.165, 1.54) is 0 Å². The monoisotopic (exact) mass is 317 g/mol. The van der Waals surface area contributed by atoms with Crippen LogP contribution in [0.3, 0.4) is 0 Å². The molecule has 3 rings (SSSR count). The Morgan fingerprint density at radius 1 is 1.36 bits per heavy atom. The van der Waals surface area contributed by atoms with Crippen LogP contribution >= 0.6 is 11.8 Å². The Morgan fingerprint density at radius 3 is 2.95 bits per heavy atom. The molecule has 1 aromatic carbocycles. The number of unbranched alkanes of at least 4 members (excludes halogenated alkanes) is 1. The Hall–Kier alpha value is -1.95. The zero-order valence-corrected chi connectivity index (χ0v) is 13.4. The van der Waals surface area contributed by atoms with Gasteiger partial charge in [-0.25, -0.2) is 0 Å². The Kier molecular flexibility index (Phi) is 4.68. The number of nitrogens with one attached hydrogen (secondary N) is 1. The molecule has 6 heteroatoms. The van der Waals surface area contributed by atoms with Crippen LogP contribution in [0, 0.1) is 0 Å². The van der Waals surface area contributed by atoms with Crippen molar-refractivity contribution >= 4 is 23.1 Å². The summed E-state index contributed by atoms with van der Waals surface area (Å²) in [5.41, 5.74) is 1.21. The average molecular weight is 317 g/mol. The molecule has 0 bridgehead atoms. The lowest BCUT2D eigenvalue weighted by Crippen LogP contribution is -2.24. The first-order valence-corrected chi connectivity index (χ1v) is 8.50. The second-order valence-electron chi connectivity index (χ2n) is 5.07. The van der Waals surface area contributed by atoms with Gasteiger partial charge in [-0.3, -0.25) is 9.36 Å². The number of hydrogen-bond acceptors (Lipinski definition) is 5. The van der Waals surface area contributed by atoms with Gasteiger partial charge in [0.15, 0.2) is 10.8 Å². The van der Waals surface area contributed by atoms with Gasteiger partial charge in [-0.1, -0.05) is 43.3 Å². The predicted molar refractivity (Wildman–Crippen MR) is 89.3 cm³/mol. The summed E-state index contributed by atoms with van der Waals surface area (Å²) in [6.45, 7) is 3.37. The molecule has 0 amide bonds. The van der Waals surface area contributed by atoms with Gasteiger partial charge >= 0.3 is 0 Å². The number of rotatable bonds is 6. The highest BCUT2D eigenvalue weighted by Crippen LogP contribution is 2.29. The van der Waals surface area contributed by atoms with Crippen molar-refractivity contribution in [1.29, 1.82) is 0 Å². The quantitative estimate of drug-likeness (QED) is 0.654. The summed E-state index contributed by atoms with van der Waals surface area (Å²) in [6.07, 6.45) is 1.98. The molecule has 5 nitrogen and oxygen atoms in total. The Bertz CT molecular complexity index is 701. The van der Waals surface area contributed by atoms with Crippen molar-refractivity contribution in [2.45, 2.75) is 31.5 Å². The second kappa shape index (κ2) is 6.87. The van der Waals surface area contributed by atoms with Crippen LogP contribution in [-0.2, 0) is 6.54 Å². The highest BCUT2D eigenvalue weighted by Gasteiger charge is 2.21. The summed E-state index contributed by atoms with van der Waals surface area (Å²) in [5.74, 6) is 1.29. The lowest BCUT2D eigenvalue weighted by atomic mass is 10.3. The molecule has 116 valence electrons. The van der Waals surface area contributed by atoms with Crippen molar-refractivity contribution in [3.8, 4) is 5.88 Å². The first kappa shape index (κ1) is 15.0. The van der Waals surface area contributed by atoms with Crippen LogP contribution in [0.25, 0.3) is 0 Å². The highest BCUT2D eigenvalue weighted by atomic mass is 32.2. The lowest BCUT2D eigenvalue weighted by molar-refractivity contribution is 0.294. The molecule has 0 saturated heterocycles. The van der Waals surface area contributed by atoms with Crippen molar-refractivity contribution in [3.05, 3.63) is 40.7 Å². The third-order valence-electron chi connectivity index (χ3n) is 3.43. The number of nitrogens with zero attached hydrogens (tertiary/aromatic N) is 2. The maximum atomic E-state index is 12.7. The Morgan fingerprint density at radius 2 is 2.18 bits per heavy atom. The molecule has 0 aliphatic carbocycles. The fraction of sp³-hybridized carbons (Fsp3) is 0.375. The van der Waals surface area contributed by atoms with Crippen LogP contribution in [0.5, 0.6) is 5.88 Å². The number of hydrogen-bond donors (Lipinski definition) is 1. The lowest BCUT2D eigenvalue weighted by Gasteiger charge is -2.14. The fourth-order valence-corrected chi connectivity index (χ4v) is 3.18. The number of thioether (sulfide) groups is 1. The number of para-hydroxylation sites is 1. The third kappa shape index (κ3) is 3.11. The van der Waals surface area contributed by atoms with Gasteiger partial charge in [-0.2, -0.15) is 4.98 Å². The van der Waals surface area contributed by atoms with Crippen LogP contribution in [0.15, 0.2) is 40.3 Å². The van der Waals surface area contributed by atoms with E-state index in [-0.39, 0.29) is 5.56 Å². The van der Waals surface area contributed by atoms with Gasteiger partial charge in [-0.15, -0.1) is 0 Å². The summed E-state index contributed by atoms with van der Waals surface area (Å²) in [6, 6.07) is 9.63. The van der Waals surface area contributed by atoms with Crippen LogP contribution in [-0.4, -0.2) is 21.9 Å². The van der Waals surface area contributed by atoms with Crippen molar-refractivity contribution in [2.75, 3.05) is 17.7 Å². The second-order valence-corrected chi connectivity index (χ2v) is 6.13. The predicted octanol–water partition coefficient (Wildman–Crippen LogP) is 3.27. The van der Waals surface area contributed by atoms with E-state index in [1.54, 1.807) is 16.3 Å². The molecule has 0 saturated carbocycles. The molecular formula is C16H19N3O2S.